The molecule has 0 saturated heterocycles. The minimum Gasteiger partial charge on any atom is -0.481 e. The highest BCUT2D eigenvalue weighted by Crippen LogP contribution is 2.19. The van der Waals surface area contributed by atoms with Gasteiger partial charge in [0.2, 0.25) is 17.6 Å². The van der Waals surface area contributed by atoms with Crippen LogP contribution in [0, 0.1) is 6.92 Å². The molecule has 2 aromatic rings. The third-order valence-corrected chi connectivity index (χ3v) is 2.04. The van der Waals surface area contributed by atoms with Gasteiger partial charge in [-0.1, -0.05) is 0 Å². The Morgan fingerprint density at radius 3 is 2.17 bits per heavy atom. The second-order valence-corrected chi connectivity index (χ2v) is 3.35. The molecule has 0 fully saturated rings. The number of nitrogens with zero attached hydrogens (tertiary/aromatic N) is 4. The summed E-state index contributed by atoms with van der Waals surface area (Å²) in [7, 11) is 3.04. The first kappa shape index (κ1) is 12.0. The number of hydrogen-bond acceptors (Lipinski definition) is 7. The van der Waals surface area contributed by atoms with Crippen molar-refractivity contribution in [2.45, 2.75) is 6.92 Å². The molecule has 0 bridgehead atoms. The second kappa shape index (κ2) is 5.26. The molecule has 7 heteroatoms. The first-order chi connectivity index (χ1) is 8.71. The predicted molar refractivity (Wildman–Crippen MR) is 62.0 cm³/mol. The maximum absolute atomic E-state index is 5.37. The number of aromatic nitrogens is 4. The molecule has 0 amide bonds. The summed E-state index contributed by atoms with van der Waals surface area (Å²) < 4.78 is 15.3. The lowest BCUT2D eigenvalue weighted by Gasteiger charge is -2.05. The highest BCUT2D eigenvalue weighted by atomic mass is 16.5. The SMILES string of the molecule is COc1ccc(Oc2nc(C)cc(OC)n2)nn1. The molecule has 2 rings (SSSR count). The quantitative estimate of drug-likeness (QED) is 0.808. The van der Waals surface area contributed by atoms with Crippen molar-refractivity contribution in [3.63, 3.8) is 0 Å². The van der Waals surface area contributed by atoms with Gasteiger partial charge >= 0.3 is 6.01 Å². The van der Waals surface area contributed by atoms with Crippen molar-refractivity contribution >= 4 is 0 Å². The van der Waals surface area contributed by atoms with Crippen molar-refractivity contribution in [2.24, 2.45) is 0 Å². The maximum Gasteiger partial charge on any atom is 0.326 e. The Bertz CT molecular complexity index is 530. The van der Waals surface area contributed by atoms with Crippen molar-refractivity contribution in [3.8, 4) is 23.7 Å². The van der Waals surface area contributed by atoms with Crippen LogP contribution in [0.3, 0.4) is 0 Å². The molecule has 0 saturated carbocycles. The van der Waals surface area contributed by atoms with E-state index < -0.39 is 0 Å². The molecule has 0 aromatic carbocycles. The molecule has 7 nitrogen and oxygen atoms in total. The standard InChI is InChI=1S/C11H12N4O3/c1-7-6-10(17-3)13-11(12-7)18-9-5-4-8(16-2)14-15-9/h4-6H,1-3H3. The summed E-state index contributed by atoms with van der Waals surface area (Å²) in [4.78, 5) is 8.14. The van der Waals surface area contributed by atoms with Gasteiger partial charge in [-0.25, -0.2) is 0 Å². The van der Waals surface area contributed by atoms with E-state index >= 15 is 0 Å². The highest BCUT2D eigenvalue weighted by molar-refractivity contribution is 5.22. The van der Waals surface area contributed by atoms with E-state index in [-0.39, 0.29) is 11.9 Å². The van der Waals surface area contributed by atoms with E-state index in [1.807, 2.05) is 6.92 Å². The molecule has 2 aromatic heterocycles. The van der Waals surface area contributed by atoms with E-state index in [2.05, 4.69) is 20.2 Å². The van der Waals surface area contributed by atoms with Gasteiger partial charge in [-0.2, -0.15) is 9.97 Å². The molecule has 0 radical (unpaired) electrons. The van der Waals surface area contributed by atoms with Crippen molar-refractivity contribution in [1.82, 2.24) is 20.2 Å². The Balaban J connectivity index is 2.19. The van der Waals surface area contributed by atoms with Crippen LogP contribution in [0.1, 0.15) is 5.69 Å². The molecular weight excluding hydrogens is 236 g/mol. The second-order valence-electron chi connectivity index (χ2n) is 3.35. The van der Waals surface area contributed by atoms with Crippen LogP contribution < -0.4 is 14.2 Å². The number of aryl methyl sites for hydroxylation is 1. The van der Waals surface area contributed by atoms with E-state index in [9.17, 15) is 0 Å². The van der Waals surface area contributed by atoms with Gasteiger partial charge in [0.1, 0.15) is 0 Å². The number of rotatable bonds is 4. The average Bonchev–Trinajstić information content (AvgIpc) is 2.39. The largest absolute Gasteiger partial charge is 0.481 e. The molecule has 94 valence electrons. The molecule has 0 aliphatic heterocycles. The Kier molecular flexibility index (Phi) is 3.52. The van der Waals surface area contributed by atoms with Gasteiger partial charge in [-0.3, -0.25) is 0 Å². The summed E-state index contributed by atoms with van der Waals surface area (Å²) >= 11 is 0. The van der Waals surface area contributed by atoms with Gasteiger partial charge in [0.15, 0.2) is 0 Å². The lowest BCUT2D eigenvalue weighted by atomic mass is 10.4. The number of methoxy groups -OCH3 is 2. The van der Waals surface area contributed by atoms with Crippen molar-refractivity contribution < 1.29 is 14.2 Å². The lowest BCUT2D eigenvalue weighted by Crippen LogP contribution is -1.99. The van der Waals surface area contributed by atoms with E-state index in [0.29, 0.717) is 11.8 Å². The van der Waals surface area contributed by atoms with Crippen LogP contribution in [-0.2, 0) is 0 Å². The zero-order valence-electron chi connectivity index (χ0n) is 10.2. The average molecular weight is 248 g/mol. The molecule has 0 N–H and O–H groups in total. The minimum atomic E-state index is 0.159. The van der Waals surface area contributed by atoms with Gasteiger partial charge in [0.25, 0.3) is 0 Å². The zero-order valence-corrected chi connectivity index (χ0v) is 10.2. The van der Waals surface area contributed by atoms with Gasteiger partial charge in [0.05, 0.1) is 14.2 Å². The van der Waals surface area contributed by atoms with E-state index in [1.54, 1.807) is 18.2 Å². The van der Waals surface area contributed by atoms with E-state index in [1.165, 1.54) is 14.2 Å². The van der Waals surface area contributed by atoms with E-state index in [0.717, 1.165) is 5.69 Å². The predicted octanol–water partition coefficient (Wildman–Crippen LogP) is 1.38. The van der Waals surface area contributed by atoms with Gasteiger partial charge in [0, 0.05) is 23.9 Å². The molecule has 0 unspecified atom stereocenters. The van der Waals surface area contributed by atoms with Crippen LogP contribution in [0.4, 0.5) is 0 Å². The Hall–Kier alpha value is -2.44. The highest BCUT2D eigenvalue weighted by Gasteiger charge is 2.06. The van der Waals surface area contributed by atoms with Crippen LogP contribution >= 0.6 is 0 Å². The molecule has 0 atom stereocenters. The molecule has 0 aliphatic rings. The molecule has 0 aliphatic carbocycles. The third-order valence-electron chi connectivity index (χ3n) is 2.04. The molecule has 2 heterocycles. The Labute approximate surface area is 104 Å². The summed E-state index contributed by atoms with van der Waals surface area (Å²) in [5.74, 6) is 1.12. The van der Waals surface area contributed by atoms with Crippen LogP contribution in [0.25, 0.3) is 0 Å². The number of hydrogen-bond donors (Lipinski definition) is 0. The van der Waals surface area contributed by atoms with Crippen LogP contribution in [0.5, 0.6) is 23.7 Å². The van der Waals surface area contributed by atoms with Crippen molar-refractivity contribution in [3.05, 3.63) is 23.9 Å². The molecular formula is C11H12N4O3. The third kappa shape index (κ3) is 2.82. The first-order valence-corrected chi connectivity index (χ1v) is 5.16. The summed E-state index contributed by atoms with van der Waals surface area (Å²) in [5, 5.41) is 7.59. The summed E-state index contributed by atoms with van der Waals surface area (Å²) in [6.45, 7) is 1.82. The fraction of sp³-hybridized carbons (Fsp3) is 0.273. The van der Waals surface area contributed by atoms with Crippen LogP contribution in [0.2, 0.25) is 0 Å². The monoisotopic (exact) mass is 248 g/mol. The minimum absolute atomic E-state index is 0.159. The van der Waals surface area contributed by atoms with Crippen molar-refractivity contribution in [2.75, 3.05) is 14.2 Å². The van der Waals surface area contributed by atoms with E-state index in [4.69, 9.17) is 14.2 Å². The van der Waals surface area contributed by atoms with Gasteiger partial charge in [-0.05, 0) is 6.92 Å². The van der Waals surface area contributed by atoms with Crippen molar-refractivity contribution in [1.29, 1.82) is 0 Å². The number of ether oxygens (including phenoxy) is 3. The summed E-state index contributed by atoms with van der Waals surface area (Å²) in [6, 6.07) is 5.11. The Morgan fingerprint density at radius 2 is 1.56 bits per heavy atom. The Morgan fingerprint density at radius 1 is 0.889 bits per heavy atom. The molecule has 0 spiro atoms. The first-order valence-electron chi connectivity index (χ1n) is 5.16. The summed E-state index contributed by atoms with van der Waals surface area (Å²) in [6.07, 6.45) is 0. The zero-order chi connectivity index (χ0) is 13.0. The fourth-order valence-corrected chi connectivity index (χ4v) is 1.23. The topological polar surface area (TPSA) is 79.2 Å². The van der Waals surface area contributed by atoms with Gasteiger partial charge in [-0.15, -0.1) is 10.2 Å². The smallest absolute Gasteiger partial charge is 0.326 e. The summed E-state index contributed by atoms with van der Waals surface area (Å²) in [5.41, 5.74) is 0.735. The van der Waals surface area contributed by atoms with Crippen LogP contribution in [0.15, 0.2) is 18.2 Å². The van der Waals surface area contributed by atoms with Gasteiger partial charge < -0.3 is 14.2 Å². The fourth-order valence-electron chi connectivity index (χ4n) is 1.23. The normalized spacial score (nSPS) is 9.94. The maximum atomic E-state index is 5.37. The lowest BCUT2D eigenvalue weighted by molar-refractivity contribution is 0.362. The molecule has 18 heavy (non-hydrogen) atoms. The van der Waals surface area contributed by atoms with Crippen LogP contribution in [-0.4, -0.2) is 34.4 Å².